The third-order valence-corrected chi connectivity index (χ3v) is 2.22. The Morgan fingerprint density at radius 2 is 2.07 bits per heavy atom. The summed E-state index contributed by atoms with van der Waals surface area (Å²) < 4.78 is 26.5. The molecule has 1 unspecified atom stereocenters. The normalized spacial score (nSPS) is 11.9. The third kappa shape index (κ3) is 2.44. The largest absolute Gasteiger partial charge is 0.380 e. The van der Waals surface area contributed by atoms with Gasteiger partial charge in [0.15, 0.2) is 11.6 Å². The van der Waals surface area contributed by atoms with Gasteiger partial charge in [0.25, 0.3) is 0 Å². The Bertz CT molecular complexity index is 396. The number of halogens is 2. The Morgan fingerprint density at radius 3 is 2.60 bits per heavy atom. The predicted octanol–water partition coefficient (Wildman–Crippen LogP) is 3.05. The summed E-state index contributed by atoms with van der Waals surface area (Å²) in [6, 6.07) is 4.29. The summed E-state index contributed by atoms with van der Waals surface area (Å²) in [5, 5.41) is 11.3. The maximum absolute atomic E-state index is 13.4. The van der Waals surface area contributed by atoms with Crippen molar-refractivity contribution < 1.29 is 8.78 Å². The molecule has 1 atom stereocenters. The lowest BCUT2D eigenvalue weighted by molar-refractivity contribution is 0.507. The average Bonchev–Trinajstić information content (AvgIpc) is 2.25. The van der Waals surface area contributed by atoms with Crippen LogP contribution in [0, 0.1) is 23.0 Å². The number of rotatable bonds is 3. The number of hydrogen-bond donors (Lipinski definition) is 1. The van der Waals surface area contributed by atoms with Crippen molar-refractivity contribution in [3.63, 3.8) is 0 Å². The van der Waals surface area contributed by atoms with Crippen molar-refractivity contribution in [2.45, 2.75) is 26.3 Å². The molecule has 0 bridgehead atoms. The zero-order valence-electron chi connectivity index (χ0n) is 8.64. The van der Waals surface area contributed by atoms with E-state index < -0.39 is 11.6 Å². The van der Waals surface area contributed by atoms with E-state index in [0.29, 0.717) is 0 Å². The van der Waals surface area contributed by atoms with E-state index in [2.05, 4.69) is 5.32 Å². The van der Waals surface area contributed by atoms with Crippen LogP contribution in [0.25, 0.3) is 0 Å². The Hall–Kier alpha value is -1.63. The van der Waals surface area contributed by atoms with Crippen molar-refractivity contribution in [3.05, 3.63) is 29.3 Å². The average molecular weight is 210 g/mol. The molecular weight excluding hydrogens is 198 g/mol. The van der Waals surface area contributed by atoms with E-state index in [9.17, 15) is 8.78 Å². The molecule has 0 amide bonds. The molecule has 15 heavy (non-hydrogen) atoms. The van der Waals surface area contributed by atoms with E-state index in [1.165, 1.54) is 12.1 Å². The molecule has 0 aliphatic heterocycles. The van der Waals surface area contributed by atoms with Crippen LogP contribution in [0.2, 0.25) is 0 Å². The highest BCUT2D eigenvalue weighted by molar-refractivity contribution is 5.50. The Kier molecular flexibility index (Phi) is 3.62. The first-order valence-corrected chi connectivity index (χ1v) is 4.74. The number of nitrogens with one attached hydrogen (secondary N) is 1. The first-order valence-electron chi connectivity index (χ1n) is 4.74. The fourth-order valence-corrected chi connectivity index (χ4v) is 1.11. The summed E-state index contributed by atoms with van der Waals surface area (Å²) >= 11 is 0. The number of nitrogens with zero attached hydrogens (tertiary/aromatic N) is 1. The van der Waals surface area contributed by atoms with Crippen LogP contribution < -0.4 is 5.32 Å². The van der Waals surface area contributed by atoms with Crippen LogP contribution in [0.5, 0.6) is 0 Å². The monoisotopic (exact) mass is 210 g/mol. The van der Waals surface area contributed by atoms with Gasteiger partial charge in [-0.3, -0.25) is 0 Å². The summed E-state index contributed by atoms with van der Waals surface area (Å²) in [6.07, 6.45) is 0.807. The molecule has 4 heteroatoms. The van der Waals surface area contributed by atoms with Gasteiger partial charge in [-0.2, -0.15) is 5.26 Å². The minimum absolute atomic E-state index is 0.0619. The van der Waals surface area contributed by atoms with Crippen LogP contribution in [-0.2, 0) is 0 Å². The van der Waals surface area contributed by atoms with Crippen molar-refractivity contribution in [1.82, 2.24) is 0 Å². The summed E-state index contributed by atoms with van der Waals surface area (Å²) in [5.41, 5.74) is -0.178. The number of hydrogen-bond acceptors (Lipinski definition) is 2. The van der Waals surface area contributed by atoms with E-state index in [1.807, 2.05) is 13.8 Å². The molecule has 0 fully saturated rings. The number of anilines is 1. The van der Waals surface area contributed by atoms with Gasteiger partial charge >= 0.3 is 0 Å². The molecule has 0 heterocycles. The smallest absolute Gasteiger partial charge is 0.183 e. The maximum atomic E-state index is 13.4. The van der Waals surface area contributed by atoms with Crippen molar-refractivity contribution in [3.8, 4) is 6.07 Å². The second kappa shape index (κ2) is 4.74. The SMILES string of the molecule is CCC(C)Nc1ccc(C#N)c(F)c1F. The highest BCUT2D eigenvalue weighted by atomic mass is 19.2. The topological polar surface area (TPSA) is 35.8 Å². The van der Waals surface area contributed by atoms with Gasteiger partial charge in [-0.15, -0.1) is 0 Å². The molecule has 2 nitrogen and oxygen atoms in total. The van der Waals surface area contributed by atoms with Crippen LogP contribution in [0.3, 0.4) is 0 Å². The molecule has 1 aromatic rings. The van der Waals surface area contributed by atoms with Gasteiger partial charge in [0, 0.05) is 6.04 Å². The van der Waals surface area contributed by atoms with Gasteiger partial charge in [0.1, 0.15) is 6.07 Å². The second-order valence-corrected chi connectivity index (χ2v) is 3.35. The lowest BCUT2D eigenvalue weighted by Crippen LogP contribution is -2.15. The molecule has 0 spiro atoms. The molecule has 0 radical (unpaired) electrons. The minimum Gasteiger partial charge on any atom is -0.380 e. The van der Waals surface area contributed by atoms with Crippen LogP contribution in [-0.4, -0.2) is 6.04 Å². The fourth-order valence-electron chi connectivity index (χ4n) is 1.11. The molecule has 0 aliphatic carbocycles. The summed E-state index contributed by atoms with van der Waals surface area (Å²) in [6.45, 7) is 3.81. The molecule has 0 aromatic heterocycles. The van der Waals surface area contributed by atoms with Gasteiger partial charge in [0.2, 0.25) is 0 Å². The zero-order chi connectivity index (χ0) is 11.4. The quantitative estimate of drug-likeness (QED) is 0.832. The van der Waals surface area contributed by atoms with Crippen LogP contribution in [0.1, 0.15) is 25.8 Å². The van der Waals surface area contributed by atoms with Crippen molar-refractivity contribution in [1.29, 1.82) is 5.26 Å². The van der Waals surface area contributed by atoms with Crippen LogP contribution in [0.4, 0.5) is 14.5 Å². The van der Waals surface area contributed by atoms with E-state index in [1.54, 1.807) is 6.07 Å². The van der Waals surface area contributed by atoms with Crippen LogP contribution in [0.15, 0.2) is 12.1 Å². The molecule has 1 N–H and O–H groups in total. The number of nitriles is 1. The van der Waals surface area contributed by atoms with Gasteiger partial charge in [-0.05, 0) is 25.5 Å². The van der Waals surface area contributed by atoms with Crippen LogP contribution >= 0.6 is 0 Å². The maximum Gasteiger partial charge on any atom is 0.183 e. The number of benzene rings is 1. The Morgan fingerprint density at radius 1 is 1.40 bits per heavy atom. The zero-order valence-corrected chi connectivity index (χ0v) is 8.64. The predicted molar refractivity (Wildman–Crippen MR) is 54.4 cm³/mol. The standard InChI is InChI=1S/C11H12F2N2/c1-3-7(2)15-9-5-4-8(6-14)10(12)11(9)13/h4-5,7,15H,3H2,1-2H3. The fraction of sp³-hybridized carbons (Fsp3) is 0.364. The Labute approximate surface area is 87.5 Å². The summed E-state index contributed by atoms with van der Waals surface area (Å²) in [4.78, 5) is 0. The molecule has 80 valence electrons. The second-order valence-electron chi connectivity index (χ2n) is 3.35. The minimum atomic E-state index is -1.09. The highest BCUT2D eigenvalue weighted by Crippen LogP contribution is 2.21. The van der Waals surface area contributed by atoms with Gasteiger partial charge in [-0.25, -0.2) is 8.78 Å². The summed E-state index contributed by atoms with van der Waals surface area (Å²) in [7, 11) is 0. The first kappa shape index (κ1) is 11.4. The third-order valence-electron chi connectivity index (χ3n) is 2.22. The van der Waals surface area contributed by atoms with E-state index in [-0.39, 0.29) is 17.3 Å². The van der Waals surface area contributed by atoms with E-state index in [0.717, 1.165) is 6.42 Å². The first-order chi connectivity index (χ1) is 7.10. The highest BCUT2D eigenvalue weighted by Gasteiger charge is 2.13. The van der Waals surface area contributed by atoms with Crippen molar-refractivity contribution >= 4 is 5.69 Å². The lowest BCUT2D eigenvalue weighted by atomic mass is 10.1. The van der Waals surface area contributed by atoms with Gasteiger partial charge in [-0.1, -0.05) is 6.92 Å². The van der Waals surface area contributed by atoms with E-state index in [4.69, 9.17) is 5.26 Å². The van der Waals surface area contributed by atoms with Crippen molar-refractivity contribution in [2.75, 3.05) is 5.32 Å². The Balaban J connectivity index is 3.03. The molecule has 1 rings (SSSR count). The van der Waals surface area contributed by atoms with Crippen molar-refractivity contribution in [2.24, 2.45) is 0 Å². The molecule has 1 aromatic carbocycles. The summed E-state index contributed by atoms with van der Waals surface area (Å²) in [5.74, 6) is -2.08. The molecule has 0 saturated carbocycles. The molecule has 0 saturated heterocycles. The van der Waals surface area contributed by atoms with Gasteiger partial charge in [0.05, 0.1) is 11.3 Å². The van der Waals surface area contributed by atoms with E-state index >= 15 is 0 Å². The lowest BCUT2D eigenvalue weighted by Gasteiger charge is -2.13. The van der Waals surface area contributed by atoms with Gasteiger partial charge < -0.3 is 5.32 Å². The molecular formula is C11H12F2N2. The molecule has 0 aliphatic rings.